The number of hydrogen-bond donors (Lipinski definition) is 2. The Morgan fingerprint density at radius 3 is 2.90 bits per heavy atom. The minimum absolute atomic E-state index is 0.00103. The number of anilines is 1. The number of carbonyl (C=O) groups excluding carboxylic acids is 1. The molecule has 1 saturated carbocycles. The zero-order valence-electron chi connectivity index (χ0n) is 11.9. The van der Waals surface area contributed by atoms with Gasteiger partial charge < -0.3 is 11.1 Å². The molecule has 1 fully saturated rings. The number of amides is 1. The first-order valence-electron chi connectivity index (χ1n) is 7.17. The van der Waals surface area contributed by atoms with Crippen LogP contribution >= 0.6 is 0 Å². The molecule has 20 heavy (non-hydrogen) atoms. The number of rotatable bonds is 3. The number of aryl methyl sites for hydroxylation is 1. The molecule has 0 aromatic heterocycles. The van der Waals surface area contributed by atoms with Crippen LogP contribution in [0.25, 0.3) is 0 Å². The lowest BCUT2D eigenvalue weighted by molar-refractivity contribution is -0.122. The number of benzene rings is 1. The Hall–Kier alpha value is -1.86. The molecule has 1 aliphatic carbocycles. The summed E-state index contributed by atoms with van der Waals surface area (Å²) in [7, 11) is 0. The maximum atomic E-state index is 12.4. The predicted molar refractivity (Wildman–Crippen MR) is 79.0 cm³/mol. The van der Waals surface area contributed by atoms with Crippen LogP contribution in [0.3, 0.4) is 0 Å². The Balaban J connectivity index is 2.13. The van der Waals surface area contributed by atoms with Crippen molar-refractivity contribution in [2.45, 2.75) is 32.6 Å². The molecule has 0 aliphatic heterocycles. The van der Waals surface area contributed by atoms with Crippen molar-refractivity contribution < 1.29 is 4.79 Å². The van der Waals surface area contributed by atoms with Gasteiger partial charge in [0, 0.05) is 11.6 Å². The Labute approximate surface area is 120 Å². The molecular weight excluding hydrogens is 250 g/mol. The third-order valence-electron chi connectivity index (χ3n) is 4.17. The minimum Gasteiger partial charge on any atom is -0.330 e. The summed E-state index contributed by atoms with van der Waals surface area (Å²) in [4.78, 5) is 12.4. The Kier molecular flexibility index (Phi) is 4.75. The third kappa shape index (κ3) is 3.17. The zero-order valence-corrected chi connectivity index (χ0v) is 11.9. The minimum atomic E-state index is -0.00103. The van der Waals surface area contributed by atoms with Gasteiger partial charge in [-0.1, -0.05) is 18.9 Å². The number of hydrogen-bond acceptors (Lipinski definition) is 3. The highest BCUT2D eigenvalue weighted by atomic mass is 16.1. The van der Waals surface area contributed by atoms with Crippen molar-refractivity contribution in [3.8, 4) is 6.07 Å². The van der Waals surface area contributed by atoms with Gasteiger partial charge in [0.1, 0.15) is 0 Å². The average Bonchev–Trinajstić information content (AvgIpc) is 2.49. The maximum absolute atomic E-state index is 12.4. The lowest BCUT2D eigenvalue weighted by Crippen LogP contribution is -2.35. The van der Waals surface area contributed by atoms with Gasteiger partial charge in [-0.15, -0.1) is 0 Å². The fourth-order valence-corrected chi connectivity index (χ4v) is 2.89. The maximum Gasteiger partial charge on any atom is 0.227 e. The van der Waals surface area contributed by atoms with Gasteiger partial charge in [0.2, 0.25) is 5.91 Å². The molecule has 0 heterocycles. The summed E-state index contributed by atoms with van der Waals surface area (Å²) in [5, 5.41) is 11.9. The van der Waals surface area contributed by atoms with Crippen LogP contribution in [-0.2, 0) is 4.79 Å². The van der Waals surface area contributed by atoms with E-state index in [2.05, 4.69) is 11.4 Å². The monoisotopic (exact) mass is 271 g/mol. The summed E-state index contributed by atoms with van der Waals surface area (Å²) in [6, 6.07) is 7.44. The van der Waals surface area contributed by atoms with Crippen LogP contribution in [0, 0.1) is 30.1 Å². The molecule has 4 heteroatoms. The van der Waals surface area contributed by atoms with Crippen LogP contribution in [0.2, 0.25) is 0 Å². The molecule has 1 aliphatic rings. The molecule has 0 radical (unpaired) electrons. The third-order valence-corrected chi connectivity index (χ3v) is 4.17. The van der Waals surface area contributed by atoms with Crippen molar-refractivity contribution in [3.05, 3.63) is 29.3 Å². The van der Waals surface area contributed by atoms with E-state index in [1.807, 2.05) is 13.0 Å². The summed E-state index contributed by atoms with van der Waals surface area (Å²) in [6.45, 7) is 2.49. The fraction of sp³-hybridized carbons (Fsp3) is 0.500. The van der Waals surface area contributed by atoms with Gasteiger partial charge in [-0.05, 0) is 49.9 Å². The van der Waals surface area contributed by atoms with E-state index in [9.17, 15) is 4.79 Å². The molecule has 0 spiro atoms. The topological polar surface area (TPSA) is 78.9 Å². The zero-order chi connectivity index (χ0) is 14.5. The number of nitrogens with two attached hydrogens (primary N) is 1. The quantitative estimate of drug-likeness (QED) is 0.886. The molecule has 4 nitrogen and oxygen atoms in total. The summed E-state index contributed by atoms with van der Waals surface area (Å²) < 4.78 is 0. The van der Waals surface area contributed by atoms with E-state index < -0.39 is 0 Å². The smallest absolute Gasteiger partial charge is 0.227 e. The summed E-state index contributed by atoms with van der Waals surface area (Å²) in [5.74, 6) is 0.320. The number of nitrogens with zero attached hydrogens (tertiary/aromatic N) is 1. The van der Waals surface area contributed by atoms with E-state index in [4.69, 9.17) is 11.0 Å². The average molecular weight is 271 g/mol. The second-order valence-electron chi connectivity index (χ2n) is 5.52. The Morgan fingerprint density at radius 2 is 2.20 bits per heavy atom. The molecular formula is C16H21N3O. The molecule has 1 amide bonds. The van der Waals surface area contributed by atoms with Crippen LogP contribution < -0.4 is 11.1 Å². The molecule has 3 N–H and O–H groups in total. The molecule has 1 aromatic rings. The first-order valence-corrected chi connectivity index (χ1v) is 7.17. The van der Waals surface area contributed by atoms with Gasteiger partial charge in [-0.3, -0.25) is 4.79 Å². The van der Waals surface area contributed by atoms with Crippen molar-refractivity contribution in [1.29, 1.82) is 5.26 Å². The van der Waals surface area contributed by atoms with E-state index in [0.29, 0.717) is 12.1 Å². The lowest BCUT2D eigenvalue weighted by Gasteiger charge is -2.29. The standard InChI is InChI=1S/C16H21N3O/c1-11-6-7-12(9-17)8-15(11)19-16(20)14-5-3-2-4-13(14)10-18/h6-8,13-14H,2-5,10,18H2,1H3,(H,19,20). The number of nitriles is 1. The Morgan fingerprint density at radius 1 is 1.45 bits per heavy atom. The van der Waals surface area contributed by atoms with E-state index in [1.165, 1.54) is 0 Å². The second-order valence-corrected chi connectivity index (χ2v) is 5.52. The van der Waals surface area contributed by atoms with Crippen LogP contribution in [0.15, 0.2) is 18.2 Å². The van der Waals surface area contributed by atoms with Crippen molar-refractivity contribution in [2.75, 3.05) is 11.9 Å². The van der Waals surface area contributed by atoms with Gasteiger partial charge in [0.15, 0.2) is 0 Å². The molecule has 2 rings (SSSR count). The highest BCUT2D eigenvalue weighted by molar-refractivity contribution is 5.93. The van der Waals surface area contributed by atoms with Gasteiger partial charge in [0.25, 0.3) is 0 Å². The van der Waals surface area contributed by atoms with Crippen molar-refractivity contribution in [1.82, 2.24) is 0 Å². The summed E-state index contributed by atoms with van der Waals surface area (Å²) in [5.41, 5.74) is 8.04. The van der Waals surface area contributed by atoms with E-state index in [0.717, 1.165) is 36.9 Å². The second kappa shape index (κ2) is 6.53. The molecule has 2 atom stereocenters. The predicted octanol–water partition coefficient (Wildman–Crippen LogP) is 2.57. The Bertz CT molecular complexity index is 533. The molecule has 1 aromatic carbocycles. The fourth-order valence-electron chi connectivity index (χ4n) is 2.89. The van der Waals surface area contributed by atoms with E-state index >= 15 is 0 Å². The lowest BCUT2D eigenvalue weighted by atomic mass is 9.78. The molecule has 0 saturated heterocycles. The van der Waals surface area contributed by atoms with Crippen LogP contribution in [0.5, 0.6) is 0 Å². The van der Waals surface area contributed by atoms with Gasteiger partial charge in [0.05, 0.1) is 11.6 Å². The highest BCUT2D eigenvalue weighted by Crippen LogP contribution is 2.30. The van der Waals surface area contributed by atoms with Crippen LogP contribution in [0.1, 0.15) is 36.8 Å². The summed E-state index contributed by atoms with van der Waals surface area (Å²) in [6.07, 6.45) is 4.19. The van der Waals surface area contributed by atoms with Gasteiger partial charge in [-0.2, -0.15) is 5.26 Å². The molecule has 106 valence electrons. The normalized spacial score (nSPS) is 22.1. The number of carbonyl (C=O) groups is 1. The summed E-state index contributed by atoms with van der Waals surface area (Å²) >= 11 is 0. The van der Waals surface area contributed by atoms with Crippen molar-refractivity contribution in [3.63, 3.8) is 0 Å². The first kappa shape index (κ1) is 14.5. The van der Waals surface area contributed by atoms with Gasteiger partial charge in [-0.25, -0.2) is 0 Å². The van der Waals surface area contributed by atoms with Crippen molar-refractivity contribution in [2.24, 2.45) is 17.6 Å². The first-order chi connectivity index (χ1) is 9.65. The van der Waals surface area contributed by atoms with E-state index in [-0.39, 0.29) is 17.7 Å². The number of nitrogens with one attached hydrogen (secondary N) is 1. The largest absolute Gasteiger partial charge is 0.330 e. The highest BCUT2D eigenvalue weighted by Gasteiger charge is 2.30. The van der Waals surface area contributed by atoms with Crippen molar-refractivity contribution >= 4 is 11.6 Å². The van der Waals surface area contributed by atoms with Crippen LogP contribution in [0.4, 0.5) is 5.69 Å². The van der Waals surface area contributed by atoms with Gasteiger partial charge >= 0.3 is 0 Å². The van der Waals surface area contributed by atoms with E-state index in [1.54, 1.807) is 12.1 Å². The van der Waals surface area contributed by atoms with Crippen LogP contribution in [-0.4, -0.2) is 12.5 Å². The molecule has 0 bridgehead atoms. The molecule has 2 unspecified atom stereocenters. The SMILES string of the molecule is Cc1ccc(C#N)cc1NC(=O)C1CCCCC1CN.